The Bertz CT molecular complexity index is 343. The van der Waals surface area contributed by atoms with Crippen molar-refractivity contribution in [3.05, 3.63) is 5.89 Å². The summed E-state index contributed by atoms with van der Waals surface area (Å²) < 4.78 is 5.40. The van der Waals surface area contributed by atoms with Crippen molar-refractivity contribution < 1.29 is 9.21 Å². The van der Waals surface area contributed by atoms with E-state index in [1.165, 1.54) is 11.8 Å². The van der Waals surface area contributed by atoms with E-state index < -0.39 is 0 Å². The fraction of sp³-hybridized carbons (Fsp3) is 0.667. The summed E-state index contributed by atoms with van der Waals surface area (Å²) in [6.07, 6.45) is 0. The van der Waals surface area contributed by atoms with Gasteiger partial charge in [0.1, 0.15) is 0 Å². The molecule has 0 aliphatic rings. The molecule has 0 saturated heterocycles. The standard InChI is InChI=1S/C9H15N3O2S/c1-9(2,3)7-11-12-8(14-7)15-5-6(13)10-4/h5H2,1-4H3,(H,10,13). The van der Waals surface area contributed by atoms with E-state index in [1.54, 1.807) is 7.05 Å². The maximum absolute atomic E-state index is 11.0. The van der Waals surface area contributed by atoms with Gasteiger partial charge in [-0.25, -0.2) is 0 Å². The van der Waals surface area contributed by atoms with Crippen LogP contribution in [0.15, 0.2) is 9.64 Å². The van der Waals surface area contributed by atoms with Crippen LogP contribution in [0.1, 0.15) is 26.7 Å². The molecule has 84 valence electrons. The van der Waals surface area contributed by atoms with Gasteiger partial charge in [0.05, 0.1) is 5.75 Å². The molecular weight excluding hydrogens is 214 g/mol. The highest BCUT2D eigenvalue weighted by molar-refractivity contribution is 7.99. The zero-order chi connectivity index (χ0) is 11.5. The first-order valence-corrected chi connectivity index (χ1v) is 5.59. The molecule has 0 radical (unpaired) electrons. The third-order valence-corrected chi connectivity index (χ3v) is 2.47. The van der Waals surface area contributed by atoms with Gasteiger partial charge in [0.15, 0.2) is 0 Å². The first-order chi connectivity index (χ1) is 6.93. The monoisotopic (exact) mass is 229 g/mol. The summed E-state index contributed by atoms with van der Waals surface area (Å²) in [6.45, 7) is 5.98. The van der Waals surface area contributed by atoms with Crippen LogP contribution in [0.25, 0.3) is 0 Å². The number of hydrogen-bond acceptors (Lipinski definition) is 5. The first-order valence-electron chi connectivity index (χ1n) is 4.61. The number of thioether (sulfide) groups is 1. The Labute approximate surface area is 93.0 Å². The number of hydrogen-bond donors (Lipinski definition) is 1. The van der Waals surface area contributed by atoms with Crippen molar-refractivity contribution in [3.8, 4) is 0 Å². The number of rotatable bonds is 3. The lowest BCUT2D eigenvalue weighted by atomic mass is 9.97. The molecule has 1 rings (SSSR count). The van der Waals surface area contributed by atoms with Crippen molar-refractivity contribution in [1.82, 2.24) is 15.5 Å². The third kappa shape index (κ3) is 3.54. The Kier molecular flexibility index (Phi) is 3.73. The molecule has 0 spiro atoms. The molecule has 1 N–H and O–H groups in total. The summed E-state index contributed by atoms with van der Waals surface area (Å²) in [4.78, 5) is 11.0. The van der Waals surface area contributed by atoms with E-state index in [1.807, 2.05) is 20.8 Å². The molecular formula is C9H15N3O2S. The van der Waals surface area contributed by atoms with Crippen molar-refractivity contribution in [2.45, 2.75) is 31.4 Å². The number of aromatic nitrogens is 2. The van der Waals surface area contributed by atoms with Gasteiger partial charge in [-0.15, -0.1) is 10.2 Å². The molecule has 1 heterocycles. The van der Waals surface area contributed by atoms with Gasteiger partial charge in [0, 0.05) is 12.5 Å². The molecule has 1 aromatic heterocycles. The number of nitrogens with zero attached hydrogens (tertiary/aromatic N) is 2. The molecule has 0 aromatic carbocycles. The molecule has 1 amide bonds. The van der Waals surface area contributed by atoms with Crippen molar-refractivity contribution >= 4 is 17.7 Å². The van der Waals surface area contributed by atoms with E-state index in [-0.39, 0.29) is 11.3 Å². The second-order valence-electron chi connectivity index (χ2n) is 4.08. The van der Waals surface area contributed by atoms with Gasteiger partial charge < -0.3 is 9.73 Å². The van der Waals surface area contributed by atoms with Crippen molar-refractivity contribution in [2.75, 3.05) is 12.8 Å². The fourth-order valence-electron chi connectivity index (χ4n) is 0.771. The lowest BCUT2D eigenvalue weighted by molar-refractivity contribution is -0.118. The van der Waals surface area contributed by atoms with E-state index in [2.05, 4.69) is 15.5 Å². The highest BCUT2D eigenvalue weighted by Crippen LogP contribution is 2.24. The smallest absolute Gasteiger partial charge is 0.277 e. The van der Waals surface area contributed by atoms with Crippen LogP contribution in [-0.2, 0) is 10.2 Å². The van der Waals surface area contributed by atoms with E-state index in [0.29, 0.717) is 16.9 Å². The summed E-state index contributed by atoms with van der Waals surface area (Å²) >= 11 is 1.24. The highest BCUT2D eigenvalue weighted by Gasteiger charge is 2.21. The van der Waals surface area contributed by atoms with Crippen molar-refractivity contribution in [2.24, 2.45) is 0 Å². The van der Waals surface area contributed by atoms with Gasteiger partial charge in [0.25, 0.3) is 5.22 Å². The highest BCUT2D eigenvalue weighted by atomic mass is 32.2. The number of carbonyl (C=O) groups excluding carboxylic acids is 1. The lowest BCUT2D eigenvalue weighted by Gasteiger charge is -2.10. The summed E-state index contributed by atoms with van der Waals surface area (Å²) in [6, 6.07) is 0. The predicted molar refractivity (Wildman–Crippen MR) is 57.8 cm³/mol. The van der Waals surface area contributed by atoms with Crippen molar-refractivity contribution in [3.63, 3.8) is 0 Å². The summed E-state index contributed by atoms with van der Waals surface area (Å²) in [5, 5.41) is 10.7. The van der Waals surface area contributed by atoms with Crippen LogP contribution in [0, 0.1) is 0 Å². The molecule has 0 bridgehead atoms. The second kappa shape index (κ2) is 4.65. The zero-order valence-electron chi connectivity index (χ0n) is 9.33. The topological polar surface area (TPSA) is 68.0 Å². The third-order valence-electron chi connectivity index (χ3n) is 1.65. The van der Waals surface area contributed by atoms with Gasteiger partial charge >= 0.3 is 0 Å². The molecule has 0 fully saturated rings. The molecule has 0 atom stereocenters. The van der Waals surface area contributed by atoms with Crippen LogP contribution >= 0.6 is 11.8 Å². The molecule has 5 nitrogen and oxygen atoms in total. The van der Waals surface area contributed by atoms with Gasteiger partial charge in [-0.05, 0) is 0 Å². The Morgan fingerprint density at radius 2 is 2.13 bits per heavy atom. The van der Waals surface area contributed by atoms with Crippen LogP contribution in [0.2, 0.25) is 0 Å². The maximum atomic E-state index is 11.0. The Morgan fingerprint density at radius 1 is 1.47 bits per heavy atom. The molecule has 15 heavy (non-hydrogen) atoms. The summed E-state index contributed by atoms with van der Waals surface area (Å²) in [5.74, 6) is 0.819. The quantitative estimate of drug-likeness (QED) is 0.789. The number of nitrogens with one attached hydrogen (secondary N) is 1. The van der Waals surface area contributed by atoms with Crippen LogP contribution < -0.4 is 5.32 Å². The minimum Gasteiger partial charge on any atom is -0.415 e. The SMILES string of the molecule is CNC(=O)CSc1nnc(C(C)(C)C)o1. The van der Waals surface area contributed by atoms with Gasteiger partial charge in [-0.2, -0.15) is 0 Å². The number of amides is 1. The van der Waals surface area contributed by atoms with Gasteiger partial charge in [-0.3, -0.25) is 4.79 Å². The largest absolute Gasteiger partial charge is 0.415 e. The predicted octanol–water partition coefficient (Wildman–Crippen LogP) is 1.21. The zero-order valence-corrected chi connectivity index (χ0v) is 10.1. The fourth-order valence-corrected chi connectivity index (χ4v) is 1.41. The Hall–Kier alpha value is -1.04. The van der Waals surface area contributed by atoms with Crippen LogP contribution in [0.5, 0.6) is 0 Å². The normalized spacial score (nSPS) is 11.5. The van der Waals surface area contributed by atoms with E-state index in [4.69, 9.17) is 4.42 Å². The molecule has 0 saturated carbocycles. The first kappa shape index (κ1) is 12.0. The van der Waals surface area contributed by atoms with Gasteiger partial charge in [0.2, 0.25) is 11.8 Å². The van der Waals surface area contributed by atoms with E-state index in [9.17, 15) is 4.79 Å². The summed E-state index contributed by atoms with van der Waals surface area (Å²) in [7, 11) is 1.59. The average Bonchev–Trinajstić information content (AvgIpc) is 2.61. The minimum absolute atomic E-state index is 0.0597. The van der Waals surface area contributed by atoms with Gasteiger partial charge in [-0.1, -0.05) is 32.5 Å². The van der Waals surface area contributed by atoms with Crippen LogP contribution in [-0.4, -0.2) is 28.9 Å². The minimum atomic E-state index is -0.154. The molecule has 6 heteroatoms. The number of carbonyl (C=O) groups is 1. The van der Waals surface area contributed by atoms with E-state index >= 15 is 0 Å². The molecule has 0 unspecified atom stereocenters. The van der Waals surface area contributed by atoms with E-state index in [0.717, 1.165) is 0 Å². The molecule has 0 aliphatic heterocycles. The Balaban J connectivity index is 2.58. The maximum Gasteiger partial charge on any atom is 0.277 e. The summed E-state index contributed by atoms with van der Waals surface area (Å²) in [5.41, 5.74) is -0.154. The molecule has 0 aliphatic carbocycles. The van der Waals surface area contributed by atoms with Crippen LogP contribution in [0.3, 0.4) is 0 Å². The molecule has 1 aromatic rings. The second-order valence-corrected chi connectivity index (χ2v) is 5.01. The van der Waals surface area contributed by atoms with Crippen LogP contribution in [0.4, 0.5) is 0 Å². The van der Waals surface area contributed by atoms with Crippen molar-refractivity contribution in [1.29, 1.82) is 0 Å². The lowest BCUT2D eigenvalue weighted by Crippen LogP contribution is -2.19. The Morgan fingerprint density at radius 3 is 2.60 bits per heavy atom. The average molecular weight is 229 g/mol.